The standard InChI is InChI=1S/C57H84BF9NO3/c1-5-9-12-15-18-21-24-27-30-33-36-68(37-34-31-28-25-22-19-16-13-10-6-2,38-35-32-29-26-23-20-17-14-11-7-3)51(8-4)53-52(43-50(63)56(66)57(53)67)71-58(69-44-39-46(59)54(64)47(60)40-44)70-45-41-48(61)55(65)49(62)42-45/h8,39-43,51H,4-7,9-38H2,1-3H3/q+1. The molecule has 3 rings (SSSR count). The molecule has 0 saturated carbocycles. The molecule has 0 aromatic heterocycles. The minimum atomic E-state index is -2.37. The summed E-state index contributed by atoms with van der Waals surface area (Å²) in [6, 6.07) is 1.25. The van der Waals surface area contributed by atoms with E-state index < -0.39 is 88.5 Å². The molecule has 0 aliphatic rings. The van der Waals surface area contributed by atoms with E-state index in [-0.39, 0.29) is 4.48 Å². The topological polar surface area (TPSA) is 27.7 Å². The molecule has 400 valence electrons. The van der Waals surface area contributed by atoms with Crippen LogP contribution in [0.2, 0.25) is 0 Å². The van der Waals surface area contributed by atoms with Gasteiger partial charge in [-0.3, -0.25) is 0 Å². The lowest BCUT2D eigenvalue weighted by Gasteiger charge is -2.45. The molecule has 0 radical (unpaired) electrons. The Balaban J connectivity index is 2.08. The summed E-state index contributed by atoms with van der Waals surface area (Å²) >= 11 is 0. The van der Waals surface area contributed by atoms with E-state index in [2.05, 4.69) is 27.4 Å². The zero-order valence-electron chi connectivity index (χ0n) is 43.2. The number of benzene rings is 3. The van der Waals surface area contributed by atoms with E-state index in [9.17, 15) is 26.3 Å². The second kappa shape index (κ2) is 35.4. The third kappa shape index (κ3) is 22.1. The fourth-order valence-electron chi connectivity index (χ4n) is 9.67. The molecule has 0 aliphatic carbocycles. The van der Waals surface area contributed by atoms with Gasteiger partial charge in [-0.1, -0.05) is 181 Å². The van der Waals surface area contributed by atoms with Crippen LogP contribution in [0.5, 0.6) is 17.2 Å². The van der Waals surface area contributed by atoms with Crippen LogP contribution in [0.25, 0.3) is 0 Å². The summed E-state index contributed by atoms with van der Waals surface area (Å²) in [5, 5.41) is 0. The van der Waals surface area contributed by atoms with Gasteiger partial charge in [0.05, 0.1) is 25.2 Å². The SMILES string of the molecule is C=CC(c1c(OB(Oc2cc(F)c(F)c(F)c2)Oc2cc(F)c(F)c(F)c2)cc(F)c(F)c1F)[N+](CCCCCCCCCCCC)(CCCCCCCCCCCC)CCCCCCCCCCCC. The monoisotopic (exact) mass is 1010 g/mol. The zero-order valence-corrected chi connectivity index (χ0v) is 43.2. The fourth-order valence-corrected chi connectivity index (χ4v) is 9.67. The summed E-state index contributed by atoms with van der Waals surface area (Å²) in [4.78, 5) is 0. The number of hydrogen-bond acceptors (Lipinski definition) is 3. The molecule has 4 nitrogen and oxygen atoms in total. The summed E-state index contributed by atoms with van der Waals surface area (Å²) < 4.78 is 151. The normalized spacial score (nSPS) is 12.1. The van der Waals surface area contributed by atoms with Gasteiger partial charge in [-0.15, -0.1) is 0 Å². The minimum absolute atomic E-state index is 0.238. The van der Waals surface area contributed by atoms with Crippen LogP contribution < -0.4 is 14.0 Å². The van der Waals surface area contributed by atoms with Crippen molar-refractivity contribution in [3.8, 4) is 17.2 Å². The summed E-state index contributed by atoms with van der Waals surface area (Å²) in [6.07, 6.45) is 34.3. The number of nitrogens with zero attached hydrogens (tertiary/aromatic N) is 1. The van der Waals surface area contributed by atoms with Crippen LogP contribution >= 0.6 is 0 Å². The van der Waals surface area contributed by atoms with Gasteiger partial charge in [-0.05, 0) is 44.6 Å². The highest BCUT2D eigenvalue weighted by molar-refractivity contribution is 6.39. The lowest BCUT2D eigenvalue weighted by Crippen LogP contribution is -2.52. The summed E-state index contributed by atoms with van der Waals surface area (Å²) in [5.41, 5.74) is -0.435. The first kappa shape index (κ1) is 61.5. The maximum absolute atomic E-state index is 16.9. The van der Waals surface area contributed by atoms with Crippen molar-refractivity contribution in [3.05, 3.63) is 101 Å². The summed E-state index contributed by atoms with van der Waals surface area (Å²) in [5.74, 6) is -17.6. The average Bonchev–Trinajstić information content (AvgIpc) is 3.34. The maximum Gasteiger partial charge on any atom is 0.864 e. The van der Waals surface area contributed by atoms with Crippen molar-refractivity contribution in [1.29, 1.82) is 0 Å². The quantitative estimate of drug-likeness (QED) is 0.0141. The molecule has 0 heterocycles. The van der Waals surface area contributed by atoms with Gasteiger partial charge in [0, 0.05) is 30.3 Å². The van der Waals surface area contributed by atoms with Gasteiger partial charge in [-0.25, -0.2) is 39.5 Å². The van der Waals surface area contributed by atoms with Crippen LogP contribution in [-0.2, 0) is 0 Å². The number of hydrogen-bond donors (Lipinski definition) is 0. The molecule has 0 aliphatic heterocycles. The highest BCUT2D eigenvalue weighted by atomic mass is 19.2. The third-order valence-corrected chi connectivity index (χ3v) is 13.7. The van der Waals surface area contributed by atoms with Gasteiger partial charge in [0.15, 0.2) is 52.4 Å². The lowest BCUT2D eigenvalue weighted by molar-refractivity contribution is -0.951. The van der Waals surface area contributed by atoms with Crippen LogP contribution in [0.1, 0.15) is 225 Å². The van der Waals surface area contributed by atoms with Crippen molar-refractivity contribution in [3.63, 3.8) is 0 Å². The molecule has 3 aromatic carbocycles. The number of quaternary nitrogens is 1. The summed E-state index contributed by atoms with van der Waals surface area (Å²) in [7, 11) is -2.37. The van der Waals surface area contributed by atoms with Crippen LogP contribution in [0.15, 0.2) is 43.0 Å². The zero-order chi connectivity index (χ0) is 51.9. The Labute approximate surface area is 421 Å². The van der Waals surface area contributed by atoms with E-state index in [1.165, 1.54) is 102 Å². The highest BCUT2D eigenvalue weighted by Crippen LogP contribution is 2.41. The first-order chi connectivity index (χ1) is 34.3. The van der Waals surface area contributed by atoms with Gasteiger partial charge >= 0.3 is 7.32 Å². The van der Waals surface area contributed by atoms with Crippen molar-refractivity contribution < 1.29 is 58.0 Å². The second-order valence-corrected chi connectivity index (χ2v) is 19.6. The van der Waals surface area contributed by atoms with E-state index in [0.717, 1.165) is 96.3 Å². The van der Waals surface area contributed by atoms with Crippen molar-refractivity contribution >= 4 is 7.32 Å². The number of unbranched alkanes of at least 4 members (excludes halogenated alkanes) is 27. The van der Waals surface area contributed by atoms with Crippen LogP contribution in [0, 0.1) is 52.4 Å². The van der Waals surface area contributed by atoms with E-state index >= 15 is 13.2 Å². The molecular weight excluding hydrogens is 928 g/mol. The van der Waals surface area contributed by atoms with Gasteiger partial charge in [-0.2, -0.15) is 0 Å². The minimum Gasteiger partial charge on any atom is -0.489 e. The number of rotatable bonds is 42. The molecule has 0 saturated heterocycles. The largest absolute Gasteiger partial charge is 0.864 e. The molecule has 0 bridgehead atoms. The molecule has 14 heteroatoms. The molecule has 0 N–H and O–H groups in total. The van der Waals surface area contributed by atoms with Gasteiger partial charge < -0.3 is 18.4 Å². The van der Waals surface area contributed by atoms with E-state index in [4.69, 9.17) is 14.0 Å². The first-order valence-corrected chi connectivity index (χ1v) is 27.3. The predicted molar refractivity (Wildman–Crippen MR) is 270 cm³/mol. The van der Waals surface area contributed by atoms with Crippen LogP contribution in [0.4, 0.5) is 39.5 Å². The molecule has 1 unspecified atom stereocenters. The Bertz CT molecular complexity index is 1790. The third-order valence-electron chi connectivity index (χ3n) is 13.7. The summed E-state index contributed by atoms with van der Waals surface area (Å²) in [6.45, 7) is 12.4. The molecule has 3 aromatic rings. The Kier molecular flexibility index (Phi) is 30.6. The van der Waals surface area contributed by atoms with Crippen molar-refractivity contribution in [2.45, 2.75) is 219 Å². The highest BCUT2D eigenvalue weighted by Gasteiger charge is 2.42. The van der Waals surface area contributed by atoms with E-state index in [1.807, 2.05) is 0 Å². The molecular formula is C57H84BF9NO3+. The van der Waals surface area contributed by atoms with Gasteiger partial charge in [0.25, 0.3) is 0 Å². The van der Waals surface area contributed by atoms with Crippen molar-refractivity contribution in [1.82, 2.24) is 0 Å². The van der Waals surface area contributed by atoms with E-state index in [1.54, 1.807) is 0 Å². The first-order valence-electron chi connectivity index (χ1n) is 27.3. The molecule has 1 atom stereocenters. The van der Waals surface area contributed by atoms with E-state index in [0.29, 0.717) is 50.0 Å². The molecule has 0 amide bonds. The van der Waals surface area contributed by atoms with Crippen molar-refractivity contribution in [2.24, 2.45) is 0 Å². The smallest absolute Gasteiger partial charge is 0.489 e. The second-order valence-electron chi connectivity index (χ2n) is 19.6. The molecule has 0 spiro atoms. The Morgan fingerprint density at radius 3 is 0.972 bits per heavy atom. The number of halogens is 9. The Morgan fingerprint density at radius 1 is 0.394 bits per heavy atom. The lowest BCUT2D eigenvalue weighted by atomic mass is 9.95. The molecule has 0 fully saturated rings. The van der Waals surface area contributed by atoms with Gasteiger partial charge in [0.2, 0.25) is 0 Å². The Morgan fingerprint density at radius 2 is 0.676 bits per heavy atom. The Hall–Kier alpha value is -3.81. The van der Waals surface area contributed by atoms with Crippen LogP contribution in [-0.4, -0.2) is 31.4 Å². The van der Waals surface area contributed by atoms with Crippen molar-refractivity contribution in [2.75, 3.05) is 19.6 Å². The van der Waals surface area contributed by atoms with Gasteiger partial charge in [0.1, 0.15) is 23.3 Å². The predicted octanol–water partition coefficient (Wildman–Crippen LogP) is 19.3. The maximum atomic E-state index is 16.9. The van der Waals surface area contributed by atoms with Crippen LogP contribution in [0.3, 0.4) is 0 Å². The molecule has 71 heavy (non-hydrogen) atoms. The average molecular weight is 1010 g/mol. The fraction of sp³-hybridized carbons (Fsp3) is 0.649.